The van der Waals surface area contributed by atoms with Crippen molar-refractivity contribution < 1.29 is 9.84 Å². The molecule has 3 nitrogen and oxygen atoms in total. The van der Waals surface area contributed by atoms with Crippen molar-refractivity contribution in [2.75, 3.05) is 13.2 Å². The number of hydrogen-bond donors (Lipinski definition) is 2. The summed E-state index contributed by atoms with van der Waals surface area (Å²) in [5, 5.41) is 13.3. The van der Waals surface area contributed by atoms with Gasteiger partial charge in [0.1, 0.15) is 0 Å². The highest BCUT2D eigenvalue weighted by Crippen LogP contribution is 2.23. The van der Waals surface area contributed by atoms with Gasteiger partial charge in [0.25, 0.3) is 0 Å². The van der Waals surface area contributed by atoms with Crippen molar-refractivity contribution in [2.24, 2.45) is 5.92 Å². The molecule has 2 fully saturated rings. The van der Waals surface area contributed by atoms with Crippen molar-refractivity contribution in [3.8, 4) is 0 Å². The van der Waals surface area contributed by atoms with Gasteiger partial charge in [0.05, 0.1) is 12.7 Å². The van der Waals surface area contributed by atoms with E-state index in [0.717, 1.165) is 38.9 Å². The third-order valence-corrected chi connectivity index (χ3v) is 4.12. The number of aliphatic hydroxyl groups excluding tert-OH is 1. The van der Waals surface area contributed by atoms with Gasteiger partial charge in [-0.15, -0.1) is 0 Å². The van der Waals surface area contributed by atoms with Crippen molar-refractivity contribution in [1.29, 1.82) is 0 Å². The summed E-state index contributed by atoms with van der Waals surface area (Å²) in [6, 6.07) is 1.23. The van der Waals surface area contributed by atoms with Crippen molar-refractivity contribution in [1.82, 2.24) is 5.32 Å². The van der Waals surface area contributed by atoms with Crippen LogP contribution >= 0.6 is 0 Å². The molecule has 3 heteroatoms. The lowest BCUT2D eigenvalue weighted by Gasteiger charge is -2.32. The van der Waals surface area contributed by atoms with E-state index in [1.165, 1.54) is 12.8 Å². The van der Waals surface area contributed by atoms with Gasteiger partial charge in [-0.3, -0.25) is 0 Å². The molecule has 1 heterocycles. The van der Waals surface area contributed by atoms with Gasteiger partial charge in [0.2, 0.25) is 0 Å². The first-order valence-electron chi connectivity index (χ1n) is 6.81. The van der Waals surface area contributed by atoms with Crippen LogP contribution in [-0.4, -0.2) is 36.5 Å². The lowest BCUT2D eigenvalue weighted by atomic mass is 9.90. The normalized spacial score (nSPS) is 37.5. The van der Waals surface area contributed by atoms with E-state index in [9.17, 15) is 5.11 Å². The van der Waals surface area contributed by atoms with E-state index in [1.807, 2.05) is 0 Å². The minimum Gasteiger partial charge on any atom is -0.393 e. The largest absolute Gasteiger partial charge is 0.393 e. The summed E-state index contributed by atoms with van der Waals surface area (Å²) in [4.78, 5) is 0. The Bertz CT molecular complexity index is 196. The Morgan fingerprint density at radius 3 is 2.56 bits per heavy atom. The SMILES string of the molecule is CCC(NC1CCC(O)CC1)C1CCOC1. The van der Waals surface area contributed by atoms with Gasteiger partial charge in [-0.1, -0.05) is 6.92 Å². The highest BCUT2D eigenvalue weighted by atomic mass is 16.5. The molecular formula is C13H25NO2. The molecule has 0 amide bonds. The standard InChI is InChI=1S/C13H25NO2/c1-2-13(10-7-8-16-9-10)14-11-3-5-12(15)6-4-11/h10-15H,2-9H2,1H3. The van der Waals surface area contributed by atoms with Crippen LogP contribution in [0.15, 0.2) is 0 Å². The molecule has 1 saturated heterocycles. The molecule has 1 aliphatic carbocycles. The van der Waals surface area contributed by atoms with Gasteiger partial charge < -0.3 is 15.2 Å². The quantitative estimate of drug-likeness (QED) is 0.768. The second-order valence-electron chi connectivity index (χ2n) is 5.31. The minimum atomic E-state index is -0.0482. The van der Waals surface area contributed by atoms with Crippen LogP contribution < -0.4 is 5.32 Å². The maximum Gasteiger partial charge on any atom is 0.0541 e. The summed E-state index contributed by atoms with van der Waals surface area (Å²) in [5.74, 6) is 0.705. The molecule has 0 aromatic heterocycles. The fourth-order valence-electron chi connectivity index (χ4n) is 3.00. The summed E-state index contributed by atoms with van der Waals surface area (Å²) in [5.41, 5.74) is 0. The predicted molar refractivity (Wildman–Crippen MR) is 64.4 cm³/mol. The summed E-state index contributed by atoms with van der Waals surface area (Å²) >= 11 is 0. The summed E-state index contributed by atoms with van der Waals surface area (Å²) in [7, 11) is 0. The average Bonchev–Trinajstić information content (AvgIpc) is 2.82. The molecule has 2 rings (SSSR count). The molecule has 2 unspecified atom stereocenters. The van der Waals surface area contributed by atoms with E-state index in [2.05, 4.69) is 12.2 Å². The van der Waals surface area contributed by atoms with Crippen LogP contribution in [0.3, 0.4) is 0 Å². The molecule has 16 heavy (non-hydrogen) atoms. The lowest BCUT2D eigenvalue weighted by Crippen LogP contribution is -2.44. The number of nitrogens with one attached hydrogen (secondary N) is 1. The van der Waals surface area contributed by atoms with Gasteiger partial charge >= 0.3 is 0 Å². The molecular weight excluding hydrogens is 202 g/mol. The van der Waals surface area contributed by atoms with E-state index in [0.29, 0.717) is 18.0 Å². The van der Waals surface area contributed by atoms with E-state index in [4.69, 9.17) is 4.74 Å². The zero-order valence-corrected chi connectivity index (χ0v) is 10.3. The molecule has 2 aliphatic rings. The average molecular weight is 227 g/mol. The van der Waals surface area contributed by atoms with Crippen LogP contribution in [0.2, 0.25) is 0 Å². The molecule has 1 saturated carbocycles. The number of rotatable bonds is 4. The van der Waals surface area contributed by atoms with Crippen molar-refractivity contribution in [3.05, 3.63) is 0 Å². The number of hydrogen-bond acceptors (Lipinski definition) is 3. The molecule has 1 aliphatic heterocycles. The Labute approximate surface area is 98.6 Å². The van der Waals surface area contributed by atoms with Crippen LogP contribution in [0.4, 0.5) is 0 Å². The first kappa shape index (κ1) is 12.3. The molecule has 2 N–H and O–H groups in total. The highest BCUT2D eigenvalue weighted by Gasteiger charge is 2.27. The summed E-state index contributed by atoms with van der Waals surface area (Å²) < 4.78 is 5.47. The first-order valence-corrected chi connectivity index (χ1v) is 6.81. The first-order chi connectivity index (χ1) is 7.79. The zero-order valence-electron chi connectivity index (χ0n) is 10.3. The number of aliphatic hydroxyl groups is 1. The van der Waals surface area contributed by atoms with Gasteiger partial charge in [0, 0.05) is 18.7 Å². The minimum absolute atomic E-state index is 0.0482. The molecule has 0 spiro atoms. The van der Waals surface area contributed by atoms with E-state index in [1.54, 1.807) is 0 Å². The lowest BCUT2D eigenvalue weighted by molar-refractivity contribution is 0.109. The van der Waals surface area contributed by atoms with Crippen LogP contribution in [0.25, 0.3) is 0 Å². The van der Waals surface area contributed by atoms with E-state index >= 15 is 0 Å². The van der Waals surface area contributed by atoms with Gasteiger partial charge in [-0.05, 0) is 44.4 Å². The van der Waals surface area contributed by atoms with Crippen LogP contribution in [0.1, 0.15) is 45.4 Å². The Kier molecular flexibility index (Phi) is 4.62. The van der Waals surface area contributed by atoms with Crippen molar-refractivity contribution in [2.45, 2.75) is 63.6 Å². The summed E-state index contributed by atoms with van der Waals surface area (Å²) in [6.45, 7) is 4.13. The van der Waals surface area contributed by atoms with Crippen molar-refractivity contribution in [3.63, 3.8) is 0 Å². The maximum atomic E-state index is 9.48. The second-order valence-corrected chi connectivity index (χ2v) is 5.31. The Balaban J connectivity index is 1.77. The number of ether oxygens (including phenoxy) is 1. The third kappa shape index (κ3) is 3.19. The fraction of sp³-hybridized carbons (Fsp3) is 1.00. The van der Waals surface area contributed by atoms with Crippen LogP contribution in [0.5, 0.6) is 0 Å². The highest BCUT2D eigenvalue weighted by molar-refractivity contribution is 4.84. The van der Waals surface area contributed by atoms with Gasteiger partial charge in [-0.2, -0.15) is 0 Å². The molecule has 0 aromatic carbocycles. The zero-order chi connectivity index (χ0) is 11.4. The Hall–Kier alpha value is -0.120. The Morgan fingerprint density at radius 1 is 1.25 bits per heavy atom. The fourth-order valence-corrected chi connectivity index (χ4v) is 3.00. The van der Waals surface area contributed by atoms with Gasteiger partial charge in [-0.25, -0.2) is 0 Å². The molecule has 94 valence electrons. The topological polar surface area (TPSA) is 41.5 Å². The second kappa shape index (κ2) is 5.99. The maximum absolute atomic E-state index is 9.48. The van der Waals surface area contributed by atoms with Crippen LogP contribution in [-0.2, 0) is 4.74 Å². The molecule has 0 bridgehead atoms. The predicted octanol–water partition coefficient (Wildman–Crippen LogP) is 1.69. The third-order valence-electron chi connectivity index (χ3n) is 4.12. The van der Waals surface area contributed by atoms with E-state index < -0.39 is 0 Å². The molecule has 0 aromatic rings. The molecule has 0 radical (unpaired) electrons. The van der Waals surface area contributed by atoms with Crippen molar-refractivity contribution >= 4 is 0 Å². The van der Waals surface area contributed by atoms with E-state index in [-0.39, 0.29) is 6.10 Å². The van der Waals surface area contributed by atoms with Crippen LogP contribution in [0, 0.1) is 5.92 Å². The summed E-state index contributed by atoms with van der Waals surface area (Å²) in [6.07, 6.45) is 6.54. The molecule has 2 atom stereocenters. The monoisotopic (exact) mass is 227 g/mol. The smallest absolute Gasteiger partial charge is 0.0541 e. The van der Waals surface area contributed by atoms with Gasteiger partial charge in [0.15, 0.2) is 0 Å². The Morgan fingerprint density at radius 2 is 2.00 bits per heavy atom.